The number of ether oxygens (including phenoxy) is 1. The number of carbonyl (C=O) groups is 1. The van der Waals surface area contributed by atoms with Crippen LogP contribution in [-0.2, 0) is 4.74 Å². The first-order valence-electron chi connectivity index (χ1n) is 7.96. The number of benzene rings is 2. The van der Waals surface area contributed by atoms with Crippen LogP contribution in [0, 0.1) is 12.7 Å². The summed E-state index contributed by atoms with van der Waals surface area (Å²) in [6.45, 7) is 3.64. The van der Waals surface area contributed by atoms with Crippen molar-refractivity contribution in [1.29, 1.82) is 0 Å². The molecule has 4 rings (SSSR count). The third-order valence-corrected chi connectivity index (χ3v) is 4.37. The lowest BCUT2D eigenvalue weighted by Gasteiger charge is -2.14. The maximum atomic E-state index is 13.9. The second-order valence-electron chi connectivity index (χ2n) is 5.79. The Hall–Kier alpha value is -3.15. The highest BCUT2D eigenvalue weighted by Gasteiger charge is 2.22. The lowest BCUT2D eigenvalue weighted by molar-refractivity contribution is 0.0527. The van der Waals surface area contributed by atoms with Crippen molar-refractivity contribution >= 4 is 27.8 Å². The SMILES string of the molecule is CCOC(=O)c1c(C)n2c3ccccc3c(=O)n2c2ccc(F)cc12. The van der Waals surface area contributed by atoms with Crippen LogP contribution in [0.1, 0.15) is 23.0 Å². The van der Waals surface area contributed by atoms with Gasteiger partial charge >= 0.3 is 5.97 Å². The number of fused-ring (bicyclic) bond motifs is 5. The Kier molecular flexibility index (Phi) is 3.35. The van der Waals surface area contributed by atoms with Gasteiger partial charge in [-0.25, -0.2) is 18.2 Å². The first kappa shape index (κ1) is 15.4. The molecule has 126 valence electrons. The number of rotatable bonds is 2. The first-order valence-corrected chi connectivity index (χ1v) is 7.96. The van der Waals surface area contributed by atoms with E-state index < -0.39 is 11.8 Å². The van der Waals surface area contributed by atoms with Crippen molar-refractivity contribution in [2.75, 3.05) is 6.61 Å². The molecule has 4 aromatic rings. The third-order valence-electron chi connectivity index (χ3n) is 4.37. The Labute approximate surface area is 141 Å². The molecule has 5 nitrogen and oxygen atoms in total. The van der Waals surface area contributed by atoms with Crippen molar-refractivity contribution in [3.8, 4) is 0 Å². The molecule has 0 unspecified atom stereocenters. The largest absolute Gasteiger partial charge is 0.462 e. The summed E-state index contributed by atoms with van der Waals surface area (Å²) in [4.78, 5) is 25.4. The molecule has 0 aliphatic carbocycles. The Balaban J connectivity index is 2.33. The van der Waals surface area contributed by atoms with Crippen LogP contribution in [0.15, 0.2) is 47.3 Å². The minimum atomic E-state index is -0.539. The van der Waals surface area contributed by atoms with Crippen LogP contribution in [0.4, 0.5) is 4.39 Å². The molecule has 0 atom stereocenters. The maximum absolute atomic E-state index is 13.9. The van der Waals surface area contributed by atoms with Gasteiger partial charge in [0.05, 0.1) is 34.3 Å². The number of halogens is 1. The van der Waals surface area contributed by atoms with Crippen LogP contribution in [-0.4, -0.2) is 21.6 Å². The van der Waals surface area contributed by atoms with E-state index in [1.54, 1.807) is 30.5 Å². The fraction of sp³-hybridized carbons (Fsp3) is 0.158. The third kappa shape index (κ3) is 2.07. The van der Waals surface area contributed by atoms with Gasteiger partial charge in [0.1, 0.15) is 5.82 Å². The van der Waals surface area contributed by atoms with E-state index >= 15 is 0 Å². The van der Waals surface area contributed by atoms with Crippen molar-refractivity contribution in [3.63, 3.8) is 0 Å². The van der Waals surface area contributed by atoms with Gasteiger partial charge in [0.2, 0.25) is 0 Å². The smallest absolute Gasteiger partial charge is 0.340 e. The summed E-state index contributed by atoms with van der Waals surface area (Å²) in [5.41, 5.74) is 1.70. The van der Waals surface area contributed by atoms with E-state index in [0.29, 0.717) is 27.5 Å². The predicted molar refractivity (Wildman–Crippen MR) is 92.8 cm³/mol. The number of hydrogen-bond acceptors (Lipinski definition) is 3. The highest BCUT2D eigenvalue weighted by atomic mass is 19.1. The molecule has 2 heterocycles. The number of esters is 1. The van der Waals surface area contributed by atoms with Crippen LogP contribution in [0.2, 0.25) is 0 Å². The fourth-order valence-corrected chi connectivity index (χ4v) is 3.35. The molecule has 6 heteroatoms. The van der Waals surface area contributed by atoms with Gasteiger partial charge in [-0.15, -0.1) is 0 Å². The van der Waals surface area contributed by atoms with Crippen LogP contribution in [0.25, 0.3) is 21.8 Å². The van der Waals surface area contributed by atoms with E-state index in [2.05, 4.69) is 0 Å². The number of aryl methyl sites for hydroxylation is 1. The molecular weight excluding hydrogens is 323 g/mol. The quantitative estimate of drug-likeness (QED) is 0.527. The molecule has 25 heavy (non-hydrogen) atoms. The zero-order valence-corrected chi connectivity index (χ0v) is 13.7. The van der Waals surface area contributed by atoms with Gasteiger partial charge in [-0.3, -0.25) is 4.79 Å². The van der Waals surface area contributed by atoms with Crippen molar-refractivity contribution in [3.05, 3.63) is 69.9 Å². The molecule has 2 aromatic heterocycles. The lowest BCUT2D eigenvalue weighted by atomic mass is 10.1. The average molecular weight is 338 g/mol. The van der Waals surface area contributed by atoms with Gasteiger partial charge in [-0.1, -0.05) is 12.1 Å². The van der Waals surface area contributed by atoms with E-state index in [0.717, 1.165) is 0 Å². The van der Waals surface area contributed by atoms with Crippen molar-refractivity contribution in [2.45, 2.75) is 13.8 Å². The fourth-order valence-electron chi connectivity index (χ4n) is 3.35. The van der Waals surface area contributed by atoms with Gasteiger partial charge in [0.25, 0.3) is 5.56 Å². The summed E-state index contributed by atoms with van der Waals surface area (Å²) in [5, 5.41) is 0.885. The summed E-state index contributed by atoms with van der Waals surface area (Å²) in [5.74, 6) is -1.02. The number of carbonyl (C=O) groups excluding carboxylic acids is 1. The zero-order valence-electron chi connectivity index (χ0n) is 13.7. The monoisotopic (exact) mass is 338 g/mol. The Morgan fingerprint density at radius 2 is 1.80 bits per heavy atom. The molecule has 0 N–H and O–H groups in total. The zero-order chi connectivity index (χ0) is 17.7. The second kappa shape index (κ2) is 5.44. The summed E-state index contributed by atoms with van der Waals surface area (Å²) < 4.78 is 22.2. The second-order valence-corrected chi connectivity index (χ2v) is 5.79. The molecule has 0 saturated heterocycles. The molecule has 0 aliphatic rings. The highest BCUT2D eigenvalue weighted by molar-refractivity contribution is 6.05. The van der Waals surface area contributed by atoms with E-state index in [4.69, 9.17) is 4.74 Å². The number of aromatic nitrogens is 2. The Morgan fingerprint density at radius 1 is 1.08 bits per heavy atom. The summed E-state index contributed by atoms with van der Waals surface area (Å²) in [6, 6.07) is 11.2. The lowest BCUT2D eigenvalue weighted by Crippen LogP contribution is -2.19. The standard InChI is InChI=1S/C19H15FN2O3/c1-3-25-19(24)17-11(2)21-15-7-5-4-6-13(15)18(23)22(21)16-9-8-12(20)10-14(16)17/h4-10H,3H2,1-2H3. The normalized spacial score (nSPS) is 11.5. The van der Waals surface area contributed by atoms with Crippen LogP contribution in [0.5, 0.6) is 0 Å². The molecule has 0 saturated carbocycles. The molecule has 0 bridgehead atoms. The topological polar surface area (TPSA) is 52.2 Å². The van der Waals surface area contributed by atoms with Crippen LogP contribution >= 0.6 is 0 Å². The Bertz CT molecular complexity index is 1220. The van der Waals surface area contributed by atoms with Gasteiger partial charge in [-0.2, -0.15) is 0 Å². The first-order chi connectivity index (χ1) is 12.0. The molecule has 0 amide bonds. The molecular formula is C19H15FN2O3. The summed E-state index contributed by atoms with van der Waals surface area (Å²) in [7, 11) is 0. The van der Waals surface area contributed by atoms with E-state index in [9.17, 15) is 14.0 Å². The number of para-hydroxylation sites is 1. The predicted octanol–water partition coefficient (Wildman–Crippen LogP) is 3.33. The van der Waals surface area contributed by atoms with E-state index in [-0.39, 0.29) is 17.7 Å². The molecule has 0 spiro atoms. The van der Waals surface area contributed by atoms with E-state index in [1.807, 2.05) is 12.1 Å². The summed E-state index contributed by atoms with van der Waals surface area (Å²) in [6.07, 6.45) is 0. The molecule has 2 aromatic carbocycles. The van der Waals surface area contributed by atoms with E-state index in [1.165, 1.54) is 22.7 Å². The average Bonchev–Trinajstić information content (AvgIpc) is 2.89. The molecule has 0 radical (unpaired) electrons. The van der Waals surface area contributed by atoms with Gasteiger partial charge in [0.15, 0.2) is 0 Å². The van der Waals surface area contributed by atoms with Gasteiger partial charge < -0.3 is 4.74 Å². The highest BCUT2D eigenvalue weighted by Crippen LogP contribution is 2.26. The summed E-state index contributed by atoms with van der Waals surface area (Å²) >= 11 is 0. The maximum Gasteiger partial charge on any atom is 0.340 e. The van der Waals surface area contributed by atoms with Crippen molar-refractivity contribution < 1.29 is 13.9 Å². The van der Waals surface area contributed by atoms with Crippen molar-refractivity contribution in [2.24, 2.45) is 0 Å². The Morgan fingerprint density at radius 3 is 2.56 bits per heavy atom. The van der Waals surface area contributed by atoms with Gasteiger partial charge in [-0.05, 0) is 44.2 Å². The number of hydrogen-bond donors (Lipinski definition) is 0. The number of nitrogens with zero attached hydrogens (tertiary/aromatic N) is 2. The minimum absolute atomic E-state index is 0.208. The van der Waals surface area contributed by atoms with Crippen LogP contribution < -0.4 is 5.56 Å². The minimum Gasteiger partial charge on any atom is -0.462 e. The molecule has 0 aliphatic heterocycles. The van der Waals surface area contributed by atoms with Crippen molar-refractivity contribution in [1.82, 2.24) is 9.03 Å². The van der Waals surface area contributed by atoms with Crippen LogP contribution in [0.3, 0.4) is 0 Å². The molecule has 0 fully saturated rings. The van der Waals surface area contributed by atoms with Gasteiger partial charge in [0, 0.05) is 5.39 Å².